The monoisotopic (exact) mass is 285 g/mol. The van der Waals surface area contributed by atoms with Crippen molar-refractivity contribution in [2.45, 2.75) is 32.7 Å². The van der Waals surface area contributed by atoms with E-state index in [1.165, 1.54) is 36.5 Å². The summed E-state index contributed by atoms with van der Waals surface area (Å²) in [4.78, 5) is 0. The smallest absolute Gasteiger partial charge is 0.128 e. The summed E-state index contributed by atoms with van der Waals surface area (Å²) in [5.41, 5.74) is 0.783. The lowest BCUT2D eigenvalue weighted by atomic mass is 10.0. The van der Waals surface area contributed by atoms with Crippen molar-refractivity contribution in [3.05, 3.63) is 34.9 Å². The molecule has 0 aliphatic carbocycles. The minimum absolute atomic E-state index is 0.148. The lowest BCUT2D eigenvalue weighted by Gasteiger charge is -2.24. The Hall–Kier alpha value is -0.610. The Morgan fingerprint density at radius 3 is 2.63 bits per heavy atom. The molecule has 19 heavy (non-hydrogen) atoms. The number of benzene rings is 1. The average Bonchev–Trinajstić information content (AvgIpc) is 2.41. The van der Waals surface area contributed by atoms with Gasteiger partial charge in [-0.05, 0) is 68.4 Å². The van der Waals surface area contributed by atoms with Gasteiger partial charge in [0.15, 0.2) is 0 Å². The van der Waals surface area contributed by atoms with E-state index in [-0.39, 0.29) is 17.7 Å². The number of thioether (sulfide) groups is 1. The van der Waals surface area contributed by atoms with Crippen LogP contribution in [-0.4, -0.2) is 18.1 Å². The van der Waals surface area contributed by atoms with Crippen molar-refractivity contribution < 1.29 is 8.78 Å². The van der Waals surface area contributed by atoms with Crippen LogP contribution in [0, 0.1) is 24.5 Å². The number of aryl methyl sites for hydroxylation is 1. The predicted octanol–water partition coefficient (Wildman–Crippen LogP) is 4.07. The molecular formula is C15H21F2NS. The summed E-state index contributed by atoms with van der Waals surface area (Å²) in [7, 11) is 0. The summed E-state index contributed by atoms with van der Waals surface area (Å²) in [5.74, 6) is 2.45. The summed E-state index contributed by atoms with van der Waals surface area (Å²) in [6, 6.07) is 2.45. The fourth-order valence-corrected chi connectivity index (χ4v) is 3.60. The number of halogens is 2. The van der Waals surface area contributed by atoms with Crippen LogP contribution in [0.4, 0.5) is 8.78 Å². The summed E-state index contributed by atoms with van der Waals surface area (Å²) in [6.07, 6.45) is 2.43. The molecule has 1 fully saturated rings. The number of rotatable bonds is 4. The zero-order valence-electron chi connectivity index (χ0n) is 11.5. The lowest BCUT2D eigenvalue weighted by molar-refractivity contribution is 0.414. The van der Waals surface area contributed by atoms with Crippen LogP contribution in [-0.2, 0) is 0 Å². The maximum absolute atomic E-state index is 13.8. The Kier molecular flexibility index (Phi) is 5.22. The first-order valence-electron chi connectivity index (χ1n) is 6.84. The van der Waals surface area contributed by atoms with Crippen LogP contribution in [0.15, 0.2) is 12.1 Å². The van der Waals surface area contributed by atoms with Gasteiger partial charge in [-0.1, -0.05) is 0 Å². The SMILES string of the molecule is Cc1cc(F)c(C(C)NCC2CCSCC2)cc1F. The molecule has 0 amide bonds. The van der Waals surface area contributed by atoms with Gasteiger partial charge in [-0.15, -0.1) is 0 Å². The first-order valence-corrected chi connectivity index (χ1v) is 8.00. The van der Waals surface area contributed by atoms with Gasteiger partial charge in [-0.25, -0.2) is 8.78 Å². The van der Waals surface area contributed by atoms with Gasteiger partial charge in [0.05, 0.1) is 0 Å². The molecule has 4 heteroatoms. The van der Waals surface area contributed by atoms with Crippen LogP contribution in [0.3, 0.4) is 0 Å². The largest absolute Gasteiger partial charge is 0.310 e. The molecule has 1 unspecified atom stereocenters. The topological polar surface area (TPSA) is 12.0 Å². The summed E-state index contributed by atoms with van der Waals surface area (Å²) >= 11 is 2.00. The molecule has 0 spiro atoms. The van der Waals surface area contributed by atoms with Crippen LogP contribution in [0.25, 0.3) is 0 Å². The van der Waals surface area contributed by atoms with Crippen LogP contribution < -0.4 is 5.32 Å². The minimum Gasteiger partial charge on any atom is -0.310 e. The first kappa shape index (κ1) is 14.8. The van der Waals surface area contributed by atoms with E-state index in [0.717, 1.165) is 6.54 Å². The molecule has 1 aromatic rings. The standard InChI is InChI=1S/C15H21F2NS/c1-10-7-15(17)13(8-14(10)16)11(2)18-9-12-3-5-19-6-4-12/h7-8,11-12,18H,3-6,9H2,1-2H3. The molecule has 0 aromatic heterocycles. The molecule has 2 rings (SSSR count). The number of hydrogen-bond acceptors (Lipinski definition) is 2. The molecule has 1 saturated heterocycles. The maximum atomic E-state index is 13.8. The third-order valence-corrected chi connectivity index (χ3v) is 4.85. The van der Waals surface area contributed by atoms with Gasteiger partial charge in [-0.2, -0.15) is 11.8 Å². The second-order valence-corrected chi connectivity index (χ2v) is 6.53. The Bertz CT molecular complexity index is 430. The highest BCUT2D eigenvalue weighted by Gasteiger charge is 2.17. The van der Waals surface area contributed by atoms with Crippen LogP contribution in [0.5, 0.6) is 0 Å². The van der Waals surface area contributed by atoms with Crippen LogP contribution in [0.1, 0.15) is 36.9 Å². The molecule has 1 N–H and O–H groups in total. The fourth-order valence-electron chi connectivity index (χ4n) is 2.40. The molecule has 1 aromatic carbocycles. The van der Waals surface area contributed by atoms with E-state index in [1.54, 1.807) is 6.92 Å². The average molecular weight is 285 g/mol. The highest BCUT2D eigenvalue weighted by Crippen LogP contribution is 2.24. The van der Waals surface area contributed by atoms with Crippen molar-refractivity contribution in [2.24, 2.45) is 5.92 Å². The van der Waals surface area contributed by atoms with Crippen molar-refractivity contribution in [3.63, 3.8) is 0 Å². The van der Waals surface area contributed by atoms with Crippen molar-refractivity contribution in [2.75, 3.05) is 18.1 Å². The zero-order chi connectivity index (χ0) is 13.8. The van der Waals surface area contributed by atoms with E-state index < -0.39 is 0 Å². The van der Waals surface area contributed by atoms with Crippen LogP contribution >= 0.6 is 11.8 Å². The molecule has 1 heterocycles. The normalized spacial score (nSPS) is 18.5. The molecule has 0 bridgehead atoms. The van der Waals surface area contributed by atoms with E-state index in [2.05, 4.69) is 5.32 Å². The van der Waals surface area contributed by atoms with E-state index >= 15 is 0 Å². The van der Waals surface area contributed by atoms with E-state index in [9.17, 15) is 8.78 Å². The van der Waals surface area contributed by atoms with Gasteiger partial charge in [0.25, 0.3) is 0 Å². The molecule has 0 radical (unpaired) electrons. The van der Waals surface area contributed by atoms with Gasteiger partial charge >= 0.3 is 0 Å². The highest BCUT2D eigenvalue weighted by molar-refractivity contribution is 7.99. The third kappa shape index (κ3) is 3.93. The summed E-state index contributed by atoms with van der Waals surface area (Å²) in [6.45, 7) is 4.36. The number of nitrogens with one attached hydrogen (secondary N) is 1. The maximum Gasteiger partial charge on any atom is 0.128 e. The molecule has 1 nitrogen and oxygen atoms in total. The zero-order valence-corrected chi connectivity index (χ0v) is 12.3. The van der Waals surface area contributed by atoms with Gasteiger partial charge in [-0.3, -0.25) is 0 Å². The Morgan fingerprint density at radius 1 is 1.26 bits per heavy atom. The van der Waals surface area contributed by atoms with Crippen LogP contribution in [0.2, 0.25) is 0 Å². The molecule has 1 aliphatic heterocycles. The second kappa shape index (κ2) is 6.71. The molecule has 1 atom stereocenters. The van der Waals surface area contributed by atoms with E-state index in [4.69, 9.17) is 0 Å². The molecule has 106 valence electrons. The van der Waals surface area contributed by atoms with Gasteiger partial charge < -0.3 is 5.32 Å². The van der Waals surface area contributed by atoms with Crippen molar-refractivity contribution >= 4 is 11.8 Å². The van der Waals surface area contributed by atoms with Gasteiger partial charge in [0.2, 0.25) is 0 Å². The molecular weight excluding hydrogens is 264 g/mol. The van der Waals surface area contributed by atoms with E-state index in [1.807, 2.05) is 18.7 Å². The Balaban J connectivity index is 1.95. The summed E-state index contributed by atoms with van der Waals surface area (Å²) in [5, 5.41) is 3.34. The van der Waals surface area contributed by atoms with E-state index in [0.29, 0.717) is 17.0 Å². The van der Waals surface area contributed by atoms with Gasteiger partial charge in [0.1, 0.15) is 11.6 Å². The third-order valence-electron chi connectivity index (χ3n) is 3.80. The Morgan fingerprint density at radius 2 is 1.95 bits per heavy atom. The van der Waals surface area contributed by atoms with Crippen molar-refractivity contribution in [3.8, 4) is 0 Å². The molecule has 0 saturated carbocycles. The second-order valence-electron chi connectivity index (χ2n) is 5.31. The fraction of sp³-hybridized carbons (Fsp3) is 0.600. The highest BCUT2D eigenvalue weighted by atomic mass is 32.2. The van der Waals surface area contributed by atoms with Crippen molar-refractivity contribution in [1.82, 2.24) is 5.32 Å². The lowest BCUT2D eigenvalue weighted by Crippen LogP contribution is -2.28. The minimum atomic E-state index is -0.334. The predicted molar refractivity (Wildman–Crippen MR) is 77.6 cm³/mol. The van der Waals surface area contributed by atoms with Crippen molar-refractivity contribution in [1.29, 1.82) is 0 Å². The molecule has 1 aliphatic rings. The van der Waals surface area contributed by atoms with Gasteiger partial charge in [0, 0.05) is 11.6 Å². The quantitative estimate of drug-likeness (QED) is 0.895. The number of hydrogen-bond donors (Lipinski definition) is 1. The summed E-state index contributed by atoms with van der Waals surface area (Å²) < 4.78 is 27.4. The first-order chi connectivity index (χ1) is 9.08. The Labute approximate surface area is 118 Å².